The number of hydrogen-bond acceptors (Lipinski definition) is 5. The van der Waals surface area contributed by atoms with Gasteiger partial charge in [-0.25, -0.2) is 14.3 Å². The van der Waals surface area contributed by atoms with Gasteiger partial charge in [-0.3, -0.25) is 4.79 Å². The largest absolute Gasteiger partial charge is 0.465 e. The minimum atomic E-state index is -0.362. The molecule has 170 valence electrons. The first-order valence-corrected chi connectivity index (χ1v) is 11.2. The molecule has 1 N–H and O–H groups in total. The summed E-state index contributed by atoms with van der Waals surface area (Å²) in [5.41, 5.74) is 8.52. The van der Waals surface area contributed by atoms with Crippen LogP contribution in [0.2, 0.25) is 0 Å². The van der Waals surface area contributed by atoms with Gasteiger partial charge >= 0.3 is 5.97 Å². The van der Waals surface area contributed by atoms with Crippen LogP contribution in [-0.4, -0.2) is 50.0 Å². The van der Waals surface area contributed by atoms with Crippen molar-refractivity contribution in [2.24, 2.45) is 0 Å². The Labute approximate surface area is 191 Å². The zero-order valence-electron chi connectivity index (χ0n) is 19.4. The Morgan fingerprint density at radius 1 is 1.18 bits per heavy atom. The molecule has 0 unspecified atom stereocenters. The molecule has 0 atom stereocenters. The monoisotopic (exact) mass is 445 g/mol. The normalized spacial score (nSPS) is 13.5. The number of benzene rings is 1. The number of carbonyl (C=O) groups is 2. The minimum absolute atomic E-state index is 0.120. The number of aromatic nitrogens is 4. The number of hydrogen-bond donors (Lipinski definition) is 1. The molecule has 0 fully saturated rings. The van der Waals surface area contributed by atoms with Crippen LogP contribution < -0.4 is 0 Å². The van der Waals surface area contributed by atoms with Crippen LogP contribution in [0.1, 0.15) is 50.7 Å². The lowest BCUT2D eigenvalue weighted by Crippen LogP contribution is -2.36. The maximum Gasteiger partial charge on any atom is 0.337 e. The van der Waals surface area contributed by atoms with Gasteiger partial charge in [0, 0.05) is 65.5 Å². The smallest absolute Gasteiger partial charge is 0.337 e. The van der Waals surface area contributed by atoms with E-state index < -0.39 is 0 Å². The van der Waals surface area contributed by atoms with E-state index in [-0.39, 0.29) is 11.9 Å². The summed E-state index contributed by atoms with van der Waals surface area (Å²) in [7, 11) is 1.38. The number of rotatable bonds is 4. The number of carbonyl (C=O) groups excluding carboxylic acids is 2. The van der Waals surface area contributed by atoms with E-state index >= 15 is 0 Å². The second kappa shape index (κ2) is 8.03. The van der Waals surface area contributed by atoms with Gasteiger partial charge in [0.15, 0.2) is 5.65 Å². The van der Waals surface area contributed by atoms with Crippen LogP contribution in [-0.2, 0) is 28.9 Å². The summed E-state index contributed by atoms with van der Waals surface area (Å²) in [5.74, 6) is -0.242. The van der Waals surface area contributed by atoms with Gasteiger partial charge in [-0.05, 0) is 51.0 Å². The van der Waals surface area contributed by atoms with Crippen LogP contribution >= 0.6 is 0 Å². The number of aryl methyl sites for hydroxylation is 3. The Kier molecular flexibility index (Phi) is 5.15. The van der Waals surface area contributed by atoms with Gasteiger partial charge in [-0.1, -0.05) is 0 Å². The van der Waals surface area contributed by atoms with Gasteiger partial charge in [0.1, 0.15) is 0 Å². The number of H-pyrrole nitrogens is 1. The fourth-order valence-electron chi connectivity index (χ4n) is 4.86. The molecule has 8 heteroatoms. The summed E-state index contributed by atoms with van der Waals surface area (Å²) in [6.07, 6.45) is 1.81. The van der Waals surface area contributed by atoms with Crippen molar-refractivity contribution < 1.29 is 14.3 Å². The molecule has 33 heavy (non-hydrogen) atoms. The van der Waals surface area contributed by atoms with Gasteiger partial charge in [-0.2, -0.15) is 5.10 Å². The molecule has 5 rings (SSSR count). The van der Waals surface area contributed by atoms with Crippen LogP contribution in [0.15, 0.2) is 24.3 Å². The quantitative estimate of drug-likeness (QED) is 0.486. The molecule has 3 aromatic heterocycles. The van der Waals surface area contributed by atoms with Crippen LogP contribution in [0, 0.1) is 20.8 Å². The fraction of sp³-hybridized carbons (Fsp3) is 0.360. The van der Waals surface area contributed by atoms with Crippen molar-refractivity contribution in [2.75, 3.05) is 13.7 Å². The average molecular weight is 446 g/mol. The summed E-state index contributed by atoms with van der Waals surface area (Å²) in [6, 6.07) is 7.48. The number of nitrogens with zero attached hydrogens (tertiary/aromatic N) is 4. The van der Waals surface area contributed by atoms with Gasteiger partial charge in [-0.15, -0.1) is 0 Å². The fourth-order valence-corrected chi connectivity index (χ4v) is 4.86. The molecule has 0 radical (unpaired) electrons. The van der Waals surface area contributed by atoms with Crippen LogP contribution in [0.3, 0.4) is 0 Å². The average Bonchev–Trinajstić information content (AvgIpc) is 3.36. The number of esters is 1. The minimum Gasteiger partial charge on any atom is -0.465 e. The molecule has 8 nitrogen and oxygen atoms in total. The maximum atomic E-state index is 13.1. The van der Waals surface area contributed by atoms with E-state index in [1.54, 1.807) is 6.07 Å². The number of methoxy groups -OCH3 is 1. The molecule has 0 saturated heterocycles. The lowest BCUT2D eigenvalue weighted by molar-refractivity contribution is -0.132. The van der Waals surface area contributed by atoms with Crippen molar-refractivity contribution in [1.82, 2.24) is 24.5 Å². The number of fused-ring (bicyclic) bond motifs is 4. The first kappa shape index (κ1) is 21.2. The molecule has 0 saturated carbocycles. The number of aromatic amines is 1. The van der Waals surface area contributed by atoms with Gasteiger partial charge in [0.2, 0.25) is 5.91 Å². The molecular weight excluding hydrogens is 418 g/mol. The Balaban J connectivity index is 1.35. The topological polar surface area (TPSA) is 92.6 Å². The number of nitrogens with one attached hydrogen (secondary N) is 1. The van der Waals surface area contributed by atoms with Gasteiger partial charge < -0.3 is 14.6 Å². The van der Waals surface area contributed by atoms with E-state index in [0.717, 1.165) is 56.9 Å². The first-order chi connectivity index (χ1) is 15.9. The highest BCUT2D eigenvalue weighted by molar-refractivity contribution is 5.96. The zero-order valence-corrected chi connectivity index (χ0v) is 19.4. The highest BCUT2D eigenvalue weighted by Crippen LogP contribution is 2.29. The van der Waals surface area contributed by atoms with Crippen LogP contribution in [0.25, 0.3) is 16.6 Å². The van der Waals surface area contributed by atoms with Gasteiger partial charge in [0.25, 0.3) is 0 Å². The zero-order chi connectivity index (χ0) is 23.3. The summed E-state index contributed by atoms with van der Waals surface area (Å²) in [5, 5.41) is 5.50. The molecule has 1 amide bonds. The third-order valence-corrected chi connectivity index (χ3v) is 6.62. The number of ether oxygens (including phenoxy) is 1. The lowest BCUT2D eigenvalue weighted by atomic mass is 10.0. The first-order valence-electron chi connectivity index (χ1n) is 11.2. The van der Waals surface area contributed by atoms with E-state index in [2.05, 4.69) is 15.1 Å². The summed E-state index contributed by atoms with van der Waals surface area (Å²) >= 11 is 0. The van der Waals surface area contributed by atoms with E-state index in [0.29, 0.717) is 31.5 Å². The highest BCUT2D eigenvalue weighted by Gasteiger charge is 2.25. The standard InChI is InChI=1S/C25H27N5O3/c1-14-11-23-26-15(2)18(16(3)30(23)28-14)6-8-24(31)29-10-9-22-20(13-29)19-12-17(25(32)33-4)5-7-21(19)27-22/h5,7,11-12,27H,6,8-10,13H2,1-4H3. The van der Waals surface area contributed by atoms with E-state index in [4.69, 9.17) is 4.74 Å². The molecule has 1 aromatic carbocycles. The molecule has 1 aliphatic rings. The molecule has 4 heterocycles. The Hall–Kier alpha value is -3.68. The van der Waals surface area contributed by atoms with Crippen molar-refractivity contribution in [2.45, 2.75) is 46.6 Å². The second-order valence-corrected chi connectivity index (χ2v) is 8.72. The third-order valence-electron chi connectivity index (χ3n) is 6.62. The summed E-state index contributed by atoms with van der Waals surface area (Å²) < 4.78 is 6.72. The molecule has 1 aliphatic heterocycles. The van der Waals surface area contributed by atoms with Crippen LogP contribution in [0.5, 0.6) is 0 Å². The van der Waals surface area contributed by atoms with Crippen molar-refractivity contribution in [3.05, 3.63) is 63.7 Å². The molecular formula is C25H27N5O3. The summed E-state index contributed by atoms with van der Waals surface area (Å²) in [4.78, 5) is 35.1. The molecule has 0 spiro atoms. The predicted octanol–water partition coefficient (Wildman–Crippen LogP) is 3.44. The summed E-state index contributed by atoms with van der Waals surface area (Å²) in [6.45, 7) is 7.19. The van der Waals surface area contributed by atoms with Crippen LogP contribution in [0.4, 0.5) is 0 Å². The second-order valence-electron chi connectivity index (χ2n) is 8.72. The predicted molar refractivity (Wildman–Crippen MR) is 124 cm³/mol. The Morgan fingerprint density at radius 3 is 2.79 bits per heavy atom. The van der Waals surface area contributed by atoms with Gasteiger partial charge in [0.05, 0.1) is 18.4 Å². The Bertz CT molecular complexity index is 1410. The van der Waals surface area contributed by atoms with E-state index in [1.807, 2.05) is 48.4 Å². The van der Waals surface area contributed by atoms with Crippen molar-refractivity contribution in [3.8, 4) is 0 Å². The Morgan fingerprint density at radius 2 is 2.00 bits per heavy atom. The SMILES string of the molecule is COC(=O)c1ccc2[nH]c3c(c2c1)CN(C(=O)CCc1c(C)nc2cc(C)nn2c1C)CC3. The van der Waals surface area contributed by atoms with Crippen molar-refractivity contribution in [3.63, 3.8) is 0 Å². The van der Waals surface area contributed by atoms with Crippen molar-refractivity contribution >= 4 is 28.4 Å². The molecule has 4 aromatic rings. The lowest BCUT2D eigenvalue weighted by Gasteiger charge is -2.27. The maximum absolute atomic E-state index is 13.1. The van der Waals surface area contributed by atoms with E-state index in [1.165, 1.54) is 7.11 Å². The van der Waals surface area contributed by atoms with Crippen molar-refractivity contribution in [1.29, 1.82) is 0 Å². The number of amides is 1. The molecule has 0 aliphatic carbocycles. The van der Waals surface area contributed by atoms with E-state index in [9.17, 15) is 9.59 Å². The molecule has 0 bridgehead atoms. The third kappa shape index (κ3) is 3.65. The highest BCUT2D eigenvalue weighted by atomic mass is 16.5.